The molecule has 4 nitrogen and oxygen atoms in total. The van der Waals surface area contributed by atoms with Gasteiger partial charge in [0, 0.05) is 6.04 Å². The third kappa shape index (κ3) is 3.95. The van der Waals surface area contributed by atoms with E-state index < -0.39 is 11.9 Å². The van der Waals surface area contributed by atoms with Crippen molar-refractivity contribution in [2.24, 2.45) is 17.8 Å². The van der Waals surface area contributed by atoms with Crippen LogP contribution in [0.1, 0.15) is 52.9 Å². The molecule has 108 valence electrons. The maximum atomic E-state index is 11.8. The molecule has 4 heteroatoms. The third-order valence-electron chi connectivity index (χ3n) is 4.32. The fourth-order valence-corrected chi connectivity index (χ4v) is 2.91. The zero-order chi connectivity index (χ0) is 14.0. The largest absolute Gasteiger partial charge is 0.455 e. The van der Waals surface area contributed by atoms with E-state index in [9.17, 15) is 9.59 Å². The van der Waals surface area contributed by atoms with Gasteiger partial charge >= 0.3 is 11.9 Å². The molecule has 2 rings (SSSR count). The molecule has 3 atom stereocenters. The minimum Gasteiger partial charge on any atom is -0.455 e. The Balaban J connectivity index is 1.89. The monoisotopic (exact) mass is 267 g/mol. The molecule has 0 heterocycles. The van der Waals surface area contributed by atoms with Gasteiger partial charge in [-0.2, -0.15) is 0 Å². The molecular weight excluding hydrogens is 242 g/mol. The van der Waals surface area contributed by atoms with Crippen molar-refractivity contribution in [1.29, 1.82) is 0 Å². The predicted molar refractivity (Wildman–Crippen MR) is 72.4 cm³/mol. The van der Waals surface area contributed by atoms with E-state index in [1.165, 1.54) is 6.42 Å². The number of amides is 1. The molecule has 0 aromatic heterocycles. The Morgan fingerprint density at radius 3 is 2.42 bits per heavy atom. The van der Waals surface area contributed by atoms with Gasteiger partial charge in [-0.3, -0.25) is 4.79 Å². The van der Waals surface area contributed by atoms with Crippen LogP contribution in [0, 0.1) is 17.8 Å². The Morgan fingerprint density at radius 2 is 1.84 bits per heavy atom. The molecule has 0 spiro atoms. The van der Waals surface area contributed by atoms with Gasteiger partial charge in [-0.15, -0.1) is 0 Å². The second-order valence-corrected chi connectivity index (χ2v) is 6.52. The van der Waals surface area contributed by atoms with Crippen molar-refractivity contribution in [3.63, 3.8) is 0 Å². The molecule has 0 radical (unpaired) electrons. The van der Waals surface area contributed by atoms with Gasteiger partial charge in [0.2, 0.25) is 0 Å². The lowest BCUT2D eigenvalue weighted by molar-refractivity contribution is -0.164. The molecule has 2 aliphatic carbocycles. The van der Waals surface area contributed by atoms with E-state index >= 15 is 0 Å². The van der Waals surface area contributed by atoms with Crippen LogP contribution >= 0.6 is 0 Å². The van der Waals surface area contributed by atoms with Gasteiger partial charge in [-0.1, -0.05) is 27.2 Å². The summed E-state index contributed by atoms with van der Waals surface area (Å²) in [6.45, 7) is 6.50. The van der Waals surface area contributed by atoms with Crippen molar-refractivity contribution >= 4 is 11.9 Å². The first-order valence-electron chi connectivity index (χ1n) is 7.48. The maximum absolute atomic E-state index is 11.8. The van der Waals surface area contributed by atoms with Gasteiger partial charge in [0.1, 0.15) is 6.10 Å². The van der Waals surface area contributed by atoms with E-state index in [1.54, 1.807) is 0 Å². The summed E-state index contributed by atoms with van der Waals surface area (Å²) in [6.07, 6.45) is 5.01. The summed E-state index contributed by atoms with van der Waals surface area (Å²) in [4.78, 5) is 23.5. The molecule has 1 amide bonds. The van der Waals surface area contributed by atoms with Crippen LogP contribution in [-0.2, 0) is 14.3 Å². The molecular formula is C15H25NO3. The second-order valence-electron chi connectivity index (χ2n) is 6.52. The van der Waals surface area contributed by atoms with Crippen LogP contribution in [0.2, 0.25) is 0 Å². The zero-order valence-corrected chi connectivity index (χ0v) is 12.1. The minimum atomic E-state index is -0.698. The Bertz CT molecular complexity index is 349. The maximum Gasteiger partial charge on any atom is 0.397 e. The quantitative estimate of drug-likeness (QED) is 0.630. The van der Waals surface area contributed by atoms with E-state index in [4.69, 9.17) is 4.74 Å². The lowest BCUT2D eigenvalue weighted by Crippen LogP contribution is -2.41. The number of carbonyl (C=O) groups excluding carboxylic acids is 2. The first-order chi connectivity index (χ1) is 8.97. The molecule has 0 aromatic rings. The molecule has 1 N–H and O–H groups in total. The van der Waals surface area contributed by atoms with Crippen LogP contribution in [0.25, 0.3) is 0 Å². The van der Waals surface area contributed by atoms with Crippen molar-refractivity contribution in [2.75, 3.05) is 0 Å². The van der Waals surface area contributed by atoms with Crippen LogP contribution in [0.5, 0.6) is 0 Å². The van der Waals surface area contributed by atoms with E-state index in [0.29, 0.717) is 17.8 Å². The predicted octanol–water partition coefficient (Wildman–Crippen LogP) is 2.27. The standard InChI is InChI=1S/C15H25NO3/c1-9(2)12-7-4-10(3)8-13(12)19-15(18)14(17)16-11-5-6-11/h9-13H,4-8H2,1-3H3,(H,16,17)/t10-,12+,13-/m1/s1. The van der Waals surface area contributed by atoms with Crippen molar-refractivity contribution in [2.45, 2.75) is 65.0 Å². The van der Waals surface area contributed by atoms with Crippen molar-refractivity contribution in [1.82, 2.24) is 5.32 Å². The molecule has 0 saturated heterocycles. The van der Waals surface area contributed by atoms with Crippen molar-refractivity contribution in [3.05, 3.63) is 0 Å². The topological polar surface area (TPSA) is 55.4 Å². The molecule has 2 saturated carbocycles. The molecule has 0 bridgehead atoms. The summed E-state index contributed by atoms with van der Waals surface area (Å²) in [7, 11) is 0. The Hall–Kier alpha value is -1.06. The number of rotatable bonds is 3. The summed E-state index contributed by atoms with van der Waals surface area (Å²) in [5.41, 5.74) is 0. The number of hydrogen-bond acceptors (Lipinski definition) is 3. The number of hydrogen-bond donors (Lipinski definition) is 1. The summed E-state index contributed by atoms with van der Waals surface area (Å²) >= 11 is 0. The lowest BCUT2D eigenvalue weighted by Gasteiger charge is -2.36. The fourth-order valence-electron chi connectivity index (χ4n) is 2.91. The number of ether oxygens (including phenoxy) is 1. The van der Waals surface area contributed by atoms with Crippen molar-refractivity contribution in [3.8, 4) is 0 Å². The van der Waals surface area contributed by atoms with Gasteiger partial charge in [-0.25, -0.2) is 4.79 Å². The molecule has 19 heavy (non-hydrogen) atoms. The van der Waals surface area contributed by atoms with E-state index in [-0.39, 0.29) is 12.1 Å². The van der Waals surface area contributed by atoms with Gasteiger partial charge in [0.15, 0.2) is 0 Å². The first-order valence-corrected chi connectivity index (χ1v) is 7.48. The van der Waals surface area contributed by atoms with Crippen LogP contribution < -0.4 is 5.32 Å². The Morgan fingerprint density at radius 1 is 1.16 bits per heavy atom. The van der Waals surface area contributed by atoms with Gasteiger partial charge in [-0.05, 0) is 43.4 Å². The highest BCUT2D eigenvalue weighted by molar-refractivity contribution is 6.32. The molecule has 0 aliphatic heterocycles. The SMILES string of the molecule is CC(C)[C@@H]1CC[C@@H](C)C[C@H]1OC(=O)C(=O)NC1CC1. The van der Waals surface area contributed by atoms with E-state index in [1.807, 2.05) is 0 Å². The third-order valence-corrected chi connectivity index (χ3v) is 4.32. The average molecular weight is 267 g/mol. The lowest BCUT2D eigenvalue weighted by atomic mass is 9.75. The van der Waals surface area contributed by atoms with Gasteiger partial charge in [0.05, 0.1) is 0 Å². The molecule has 0 unspecified atom stereocenters. The van der Waals surface area contributed by atoms with E-state index in [0.717, 1.165) is 25.7 Å². The highest BCUT2D eigenvalue weighted by Gasteiger charge is 2.35. The van der Waals surface area contributed by atoms with Crippen molar-refractivity contribution < 1.29 is 14.3 Å². The van der Waals surface area contributed by atoms with E-state index in [2.05, 4.69) is 26.1 Å². The average Bonchev–Trinajstić information content (AvgIpc) is 3.12. The summed E-state index contributed by atoms with van der Waals surface area (Å²) in [6, 6.07) is 0.200. The minimum absolute atomic E-state index is 0.0961. The highest BCUT2D eigenvalue weighted by atomic mass is 16.5. The molecule has 2 fully saturated rings. The number of nitrogens with one attached hydrogen (secondary N) is 1. The van der Waals surface area contributed by atoms with Crippen LogP contribution in [0.3, 0.4) is 0 Å². The fraction of sp³-hybridized carbons (Fsp3) is 0.867. The first kappa shape index (κ1) is 14.4. The number of carbonyl (C=O) groups is 2. The van der Waals surface area contributed by atoms with Crippen LogP contribution in [0.15, 0.2) is 0 Å². The Kier molecular flexibility index (Phi) is 4.48. The summed E-state index contributed by atoms with van der Waals surface area (Å²) in [5.74, 6) is 0.171. The Labute approximate surface area is 115 Å². The smallest absolute Gasteiger partial charge is 0.397 e. The molecule has 0 aromatic carbocycles. The normalized spacial score (nSPS) is 31.1. The van der Waals surface area contributed by atoms with Crippen LogP contribution in [-0.4, -0.2) is 24.0 Å². The van der Waals surface area contributed by atoms with Crippen LogP contribution in [0.4, 0.5) is 0 Å². The number of esters is 1. The zero-order valence-electron chi connectivity index (χ0n) is 12.1. The second kappa shape index (κ2) is 5.93. The molecule has 2 aliphatic rings. The van der Waals surface area contributed by atoms with Gasteiger partial charge < -0.3 is 10.1 Å². The highest BCUT2D eigenvalue weighted by Crippen LogP contribution is 2.35. The van der Waals surface area contributed by atoms with Gasteiger partial charge in [0.25, 0.3) is 0 Å². The summed E-state index contributed by atoms with van der Waals surface area (Å²) in [5, 5.41) is 2.69. The summed E-state index contributed by atoms with van der Waals surface area (Å²) < 4.78 is 5.48.